The first-order valence-electron chi connectivity index (χ1n) is 10.2. The minimum atomic E-state index is -0.944. The number of carbonyl (C=O) groups is 3. The van der Waals surface area contributed by atoms with Crippen molar-refractivity contribution in [3.8, 4) is 0 Å². The first-order chi connectivity index (χ1) is 14.5. The third-order valence-electron chi connectivity index (χ3n) is 5.88. The fourth-order valence-corrected chi connectivity index (χ4v) is 4.16. The molecule has 1 aromatic carbocycles. The molecule has 3 saturated heterocycles. The molecule has 3 heterocycles. The lowest BCUT2D eigenvalue weighted by atomic mass is 10.0. The number of hydroxylamine groups is 3. The lowest BCUT2D eigenvalue weighted by Gasteiger charge is -2.31. The summed E-state index contributed by atoms with van der Waals surface area (Å²) < 4.78 is 0. The normalized spacial score (nSPS) is 24.3. The highest BCUT2D eigenvalue weighted by Crippen LogP contribution is 2.30. The van der Waals surface area contributed by atoms with Gasteiger partial charge < -0.3 is 14.9 Å². The highest BCUT2D eigenvalue weighted by molar-refractivity contribution is 5.88. The maximum atomic E-state index is 12.8. The standard InChI is InChI=1S/C20H26N4O6/c25-18(21-30-16-8-10-22(11-9-16)20(27)28)17-7-6-15-12-23(17)19(26)24(15)29-13-14-4-2-1-3-5-14/h1-5,15-17H,6-13H2,(H,21,25)(H,27,28)/t15-,17+/m1/s1. The summed E-state index contributed by atoms with van der Waals surface area (Å²) in [5.74, 6) is -0.354. The number of urea groups is 1. The molecule has 3 aliphatic rings. The Labute approximate surface area is 174 Å². The number of nitrogens with zero attached hydrogens (tertiary/aromatic N) is 3. The van der Waals surface area contributed by atoms with Gasteiger partial charge in [-0.15, -0.1) is 0 Å². The van der Waals surface area contributed by atoms with E-state index in [0.29, 0.717) is 51.9 Å². The van der Waals surface area contributed by atoms with Crippen LogP contribution >= 0.6 is 0 Å². The minimum absolute atomic E-state index is 0.0634. The minimum Gasteiger partial charge on any atom is -0.465 e. The van der Waals surface area contributed by atoms with Gasteiger partial charge in [0, 0.05) is 19.6 Å². The van der Waals surface area contributed by atoms with Crippen molar-refractivity contribution < 1.29 is 29.2 Å². The Balaban J connectivity index is 1.26. The third-order valence-corrected chi connectivity index (χ3v) is 5.88. The van der Waals surface area contributed by atoms with Gasteiger partial charge in [0.1, 0.15) is 12.6 Å². The van der Waals surface area contributed by atoms with Crippen molar-refractivity contribution in [1.82, 2.24) is 20.3 Å². The lowest BCUT2D eigenvalue weighted by Crippen LogP contribution is -2.51. The van der Waals surface area contributed by atoms with Crippen LogP contribution in [-0.4, -0.2) is 75.8 Å². The van der Waals surface area contributed by atoms with Crippen LogP contribution in [0.5, 0.6) is 0 Å². The summed E-state index contributed by atoms with van der Waals surface area (Å²) in [4.78, 5) is 50.5. The van der Waals surface area contributed by atoms with Crippen LogP contribution in [0.4, 0.5) is 9.59 Å². The van der Waals surface area contributed by atoms with E-state index in [2.05, 4.69) is 5.48 Å². The van der Waals surface area contributed by atoms with Crippen molar-refractivity contribution in [3.05, 3.63) is 35.9 Å². The van der Waals surface area contributed by atoms with E-state index in [0.717, 1.165) is 5.56 Å². The van der Waals surface area contributed by atoms with E-state index in [1.54, 1.807) is 0 Å². The van der Waals surface area contributed by atoms with Gasteiger partial charge in [0.2, 0.25) is 0 Å². The molecular formula is C20H26N4O6. The Morgan fingerprint density at radius 3 is 2.53 bits per heavy atom. The summed E-state index contributed by atoms with van der Waals surface area (Å²) in [5.41, 5.74) is 3.45. The van der Waals surface area contributed by atoms with Crippen LogP contribution < -0.4 is 5.48 Å². The summed E-state index contributed by atoms with van der Waals surface area (Å²) in [6.07, 6.45) is 1.06. The molecule has 0 aliphatic carbocycles. The van der Waals surface area contributed by atoms with Crippen molar-refractivity contribution in [2.75, 3.05) is 19.6 Å². The zero-order chi connectivity index (χ0) is 21.1. The molecule has 3 aliphatic heterocycles. The maximum absolute atomic E-state index is 12.8. The van der Waals surface area contributed by atoms with Gasteiger partial charge >= 0.3 is 12.1 Å². The predicted octanol–water partition coefficient (Wildman–Crippen LogP) is 1.58. The van der Waals surface area contributed by atoms with E-state index in [1.165, 1.54) is 14.9 Å². The van der Waals surface area contributed by atoms with Crippen molar-refractivity contribution in [2.45, 2.75) is 50.5 Å². The second-order valence-corrected chi connectivity index (χ2v) is 7.82. The molecule has 4 amide bonds. The van der Waals surface area contributed by atoms with Gasteiger partial charge in [0.15, 0.2) is 0 Å². The Morgan fingerprint density at radius 1 is 1.10 bits per heavy atom. The van der Waals surface area contributed by atoms with Gasteiger partial charge in [0.05, 0.1) is 12.1 Å². The molecule has 1 aromatic rings. The van der Waals surface area contributed by atoms with Crippen LogP contribution in [0.15, 0.2) is 30.3 Å². The van der Waals surface area contributed by atoms with Gasteiger partial charge in [-0.25, -0.2) is 15.1 Å². The number of carboxylic acid groups (broad SMARTS) is 1. The second kappa shape index (κ2) is 8.88. The molecule has 3 fully saturated rings. The van der Waals surface area contributed by atoms with Crippen molar-refractivity contribution in [2.24, 2.45) is 0 Å². The molecule has 162 valence electrons. The van der Waals surface area contributed by atoms with Crippen LogP contribution in [0.25, 0.3) is 0 Å². The van der Waals surface area contributed by atoms with Crippen LogP contribution in [0.2, 0.25) is 0 Å². The lowest BCUT2D eigenvalue weighted by molar-refractivity contribution is -0.146. The summed E-state index contributed by atoms with van der Waals surface area (Å²) in [6, 6.07) is 8.65. The molecule has 0 aromatic heterocycles. The molecule has 0 radical (unpaired) electrons. The van der Waals surface area contributed by atoms with E-state index in [1.807, 2.05) is 30.3 Å². The van der Waals surface area contributed by atoms with E-state index >= 15 is 0 Å². The van der Waals surface area contributed by atoms with Crippen LogP contribution in [0.3, 0.4) is 0 Å². The van der Waals surface area contributed by atoms with Crippen molar-refractivity contribution in [3.63, 3.8) is 0 Å². The number of hydrogen-bond acceptors (Lipinski definition) is 5. The first-order valence-corrected chi connectivity index (χ1v) is 10.2. The van der Waals surface area contributed by atoms with Gasteiger partial charge in [-0.1, -0.05) is 30.3 Å². The molecule has 2 N–H and O–H groups in total. The highest BCUT2D eigenvalue weighted by atomic mass is 16.7. The quantitative estimate of drug-likeness (QED) is 0.679. The average molecular weight is 418 g/mol. The summed E-state index contributed by atoms with van der Waals surface area (Å²) in [6.45, 7) is 1.49. The summed E-state index contributed by atoms with van der Waals surface area (Å²) in [7, 11) is 0. The molecule has 10 heteroatoms. The van der Waals surface area contributed by atoms with Gasteiger partial charge in [0.25, 0.3) is 5.91 Å². The molecule has 0 saturated carbocycles. The van der Waals surface area contributed by atoms with Gasteiger partial charge in [-0.2, -0.15) is 5.06 Å². The molecule has 30 heavy (non-hydrogen) atoms. The molecule has 10 nitrogen and oxygen atoms in total. The van der Waals surface area contributed by atoms with Crippen molar-refractivity contribution in [1.29, 1.82) is 0 Å². The Hall–Kier alpha value is -2.85. The number of nitrogens with one attached hydrogen (secondary N) is 1. The van der Waals surface area contributed by atoms with E-state index < -0.39 is 12.1 Å². The predicted molar refractivity (Wildman–Crippen MR) is 104 cm³/mol. The molecule has 0 unspecified atom stereocenters. The second-order valence-electron chi connectivity index (χ2n) is 7.82. The monoisotopic (exact) mass is 418 g/mol. The molecular weight excluding hydrogens is 392 g/mol. The highest BCUT2D eigenvalue weighted by Gasteiger charge is 2.48. The Bertz CT molecular complexity index is 783. The van der Waals surface area contributed by atoms with Crippen LogP contribution in [0, 0.1) is 0 Å². The number of fused-ring (bicyclic) bond motifs is 2. The molecule has 4 rings (SSSR count). The average Bonchev–Trinajstić information content (AvgIpc) is 3.01. The number of hydrogen-bond donors (Lipinski definition) is 2. The number of amides is 4. The third kappa shape index (κ3) is 4.34. The first kappa shape index (κ1) is 20.4. The van der Waals surface area contributed by atoms with Crippen LogP contribution in [-0.2, 0) is 21.1 Å². The summed E-state index contributed by atoms with van der Waals surface area (Å²) >= 11 is 0. The Morgan fingerprint density at radius 2 is 1.83 bits per heavy atom. The van der Waals surface area contributed by atoms with E-state index in [9.17, 15) is 14.4 Å². The number of carbonyl (C=O) groups excluding carboxylic acids is 2. The largest absolute Gasteiger partial charge is 0.465 e. The fourth-order valence-electron chi connectivity index (χ4n) is 4.16. The number of rotatable bonds is 6. The number of piperidine rings is 2. The fraction of sp³-hybridized carbons (Fsp3) is 0.550. The summed E-state index contributed by atoms with van der Waals surface area (Å²) in [5, 5.41) is 10.4. The zero-order valence-corrected chi connectivity index (χ0v) is 16.6. The maximum Gasteiger partial charge on any atom is 0.407 e. The topological polar surface area (TPSA) is 112 Å². The number of likely N-dealkylation sites (tertiary alicyclic amines) is 1. The SMILES string of the molecule is O=C(NOC1CCN(C(=O)O)CC1)[C@@H]1CC[C@@H]2CN1C(=O)N2OCc1ccccc1. The smallest absolute Gasteiger partial charge is 0.407 e. The van der Waals surface area contributed by atoms with E-state index in [4.69, 9.17) is 14.8 Å². The van der Waals surface area contributed by atoms with E-state index in [-0.39, 0.29) is 24.1 Å². The van der Waals surface area contributed by atoms with Gasteiger partial charge in [-0.05, 0) is 31.2 Å². The molecule has 0 spiro atoms. The van der Waals surface area contributed by atoms with Crippen molar-refractivity contribution >= 4 is 18.0 Å². The Kier molecular flexibility index (Phi) is 6.05. The number of benzene rings is 1. The molecule has 2 bridgehead atoms. The van der Waals surface area contributed by atoms with Crippen LogP contribution in [0.1, 0.15) is 31.2 Å². The van der Waals surface area contributed by atoms with Gasteiger partial charge in [-0.3, -0.25) is 14.5 Å². The molecule has 2 atom stereocenters. The zero-order valence-electron chi connectivity index (χ0n) is 16.6.